The molecule has 1 aromatic heterocycles. The molecule has 0 saturated heterocycles. The zero-order valence-electron chi connectivity index (χ0n) is 18.2. The van der Waals surface area contributed by atoms with Crippen molar-refractivity contribution in [3.8, 4) is 11.8 Å². The molecule has 0 fully saturated rings. The van der Waals surface area contributed by atoms with E-state index >= 15 is 0 Å². The number of ketones is 1. The average Bonchev–Trinajstić information content (AvgIpc) is 3.01. The van der Waals surface area contributed by atoms with Crippen LogP contribution in [-0.2, 0) is 23.1 Å². The average molecular weight is 639 g/mol. The standard InChI is InChI=1S/C14H13F3N2O4S.C7H3Br2NO/c1-7-11(13(21)19(2)18-7)12(20)9-5-4-8(14(15,16)17)6-10(9)24(3,22)23;8-5-1-4(3-10)2-6(9)7(5)11/h4-6,18H,1-3H3;1-2,11H. The number of H-pyrrole nitrogens is 1. The number of aromatic amines is 1. The van der Waals surface area contributed by atoms with Crippen molar-refractivity contribution in [3.63, 3.8) is 0 Å². The van der Waals surface area contributed by atoms with Crippen molar-refractivity contribution >= 4 is 47.5 Å². The number of nitriles is 1. The van der Waals surface area contributed by atoms with Gasteiger partial charge in [-0.1, -0.05) is 0 Å². The van der Waals surface area contributed by atoms with Gasteiger partial charge in [0.1, 0.15) is 11.3 Å². The first-order valence-corrected chi connectivity index (χ1v) is 12.8. The molecule has 3 rings (SSSR count). The summed E-state index contributed by atoms with van der Waals surface area (Å²) in [5.41, 5.74) is -2.00. The molecule has 2 aromatic carbocycles. The number of rotatable bonds is 3. The van der Waals surface area contributed by atoms with E-state index in [9.17, 15) is 36.3 Å². The molecule has 0 aliphatic heterocycles. The molecule has 35 heavy (non-hydrogen) atoms. The number of carbonyl (C=O) groups is 1. The van der Waals surface area contributed by atoms with Crippen LogP contribution in [0.1, 0.15) is 32.7 Å². The summed E-state index contributed by atoms with van der Waals surface area (Å²) in [6, 6.07) is 6.85. The Morgan fingerprint density at radius 3 is 2.11 bits per heavy atom. The number of nitrogens with zero attached hydrogens (tertiary/aromatic N) is 2. The molecule has 0 spiro atoms. The fourth-order valence-corrected chi connectivity index (χ4v) is 5.00. The number of aromatic hydroxyl groups is 1. The van der Waals surface area contributed by atoms with Crippen molar-refractivity contribution in [3.05, 3.63) is 77.6 Å². The van der Waals surface area contributed by atoms with E-state index in [1.165, 1.54) is 14.0 Å². The summed E-state index contributed by atoms with van der Waals surface area (Å²) in [7, 11) is -2.77. The highest BCUT2D eigenvalue weighted by atomic mass is 79.9. The maximum atomic E-state index is 12.8. The molecule has 0 atom stereocenters. The molecule has 14 heteroatoms. The van der Waals surface area contributed by atoms with Gasteiger partial charge in [0.2, 0.25) is 5.78 Å². The number of nitrogens with one attached hydrogen (secondary N) is 1. The van der Waals surface area contributed by atoms with Crippen LogP contribution < -0.4 is 5.56 Å². The van der Waals surface area contributed by atoms with E-state index in [1.807, 2.05) is 6.07 Å². The third-order valence-corrected chi connectivity index (χ3v) is 6.90. The van der Waals surface area contributed by atoms with Crippen molar-refractivity contribution in [2.75, 3.05) is 6.26 Å². The van der Waals surface area contributed by atoms with Crippen LogP contribution in [0.5, 0.6) is 5.75 Å². The number of sulfone groups is 1. The summed E-state index contributed by atoms with van der Waals surface area (Å²) in [4.78, 5) is 23.8. The summed E-state index contributed by atoms with van der Waals surface area (Å²) >= 11 is 6.21. The fourth-order valence-electron chi connectivity index (χ4n) is 2.91. The van der Waals surface area contributed by atoms with E-state index in [2.05, 4.69) is 37.0 Å². The zero-order chi connectivity index (χ0) is 26.9. The van der Waals surface area contributed by atoms with Gasteiger partial charge in [0.05, 0.1) is 31.0 Å². The van der Waals surface area contributed by atoms with Gasteiger partial charge in [0.15, 0.2) is 9.84 Å². The third-order valence-electron chi connectivity index (χ3n) is 4.56. The number of phenolic OH excluding ortho intramolecular Hbond substituents is 1. The predicted molar refractivity (Wildman–Crippen MR) is 127 cm³/mol. The molecule has 3 aromatic rings. The van der Waals surface area contributed by atoms with E-state index in [-0.39, 0.29) is 17.0 Å². The highest BCUT2D eigenvalue weighted by Gasteiger charge is 2.33. The second kappa shape index (κ2) is 10.4. The van der Waals surface area contributed by atoms with Crippen LogP contribution in [0.15, 0.2) is 49.0 Å². The second-order valence-corrected chi connectivity index (χ2v) is 10.9. The molecule has 0 aliphatic rings. The molecular formula is C21H16Br2F3N3O5S. The van der Waals surface area contributed by atoms with Crippen molar-refractivity contribution in [1.82, 2.24) is 9.78 Å². The number of phenols is 1. The Labute approximate surface area is 214 Å². The molecular weight excluding hydrogens is 623 g/mol. The van der Waals surface area contributed by atoms with Gasteiger partial charge in [-0.05, 0) is 69.1 Å². The highest BCUT2D eigenvalue weighted by Crippen LogP contribution is 2.33. The van der Waals surface area contributed by atoms with Crippen molar-refractivity contribution in [1.29, 1.82) is 5.26 Å². The van der Waals surface area contributed by atoms with Gasteiger partial charge >= 0.3 is 6.18 Å². The molecule has 0 unspecified atom stereocenters. The van der Waals surface area contributed by atoms with E-state index in [1.54, 1.807) is 12.1 Å². The lowest BCUT2D eigenvalue weighted by atomic mass is 10.0. The number of aryl methyl sites for hydroxylation is 2. The van der Waals surface area contributed by atoms with Gasteiger partial charge in [0, 0.05) is 24.6 Å². The first kappa shape index (κ1) is 28.3. The van der Waals surface area contributed by atoms with Gasteiger partial charge in [0.25, 0.3) is 5.56 Å². The maximum absolute atomic E-state index is 12.8. The normalized spacial score (nSPS) is 11.4. The Kier molecular flexibility index (Phi) is 8.41. The minimum atomic E-state index is -4.76. The monoisotopic (exact) mass is 637 g/mol. The fraction of sp³-hybridized carbons (Fsp3) is 0.190. The lowest BCUT2D eigenvalue weighted by molar-refractivity contribution is -0.137. The van der Waals surface area contributed by atoms with Crippen molar-refractivity contribution < 1.29 is 31.5 Å². The molecule has 0 saturated carbocycles. The summed E-state index contributed by atoms with van der Waals surface area (Å²) < 4.78 is 64.1. The maximum Gasteiger partial charge on any atom is 0.416 e. The van der Waals surface area contributed by atoms with Crippen LogP contribution >= 0.6 is 31.9 Å². The molecule has 2 N–H and O–H groups in total. The minimum Gasteiger partial charge on any atom is -0.506 e. The highest BCUT2D eigenvalue weighted by molar-refractivity contribution is 9.11. The molecule has 0 bridgehead atoms. The summed E-state index contributed by atoms with van der Waals surface area (Å²) in [5.74, 6) is -0.840. The first-order valence-electron chi connectivity index (χ1n) is 9.28. The first-order chi connectivity index (χ1) is 16.0. The van der Waals surface area contributed by atoms with Gasteiger partial charge in [-0.2, -0.15) is 18.4 Å². The molecule has 0 radical (unpaired) electrons. The van der Waals surface area contributed by atoms with Gasteiger partial charge in [-0.25, -0.2) is 8.42 Å². The molecule has 0 aliphatic carbocycles. The van der Waals surface area contributed by atoms with Crippen LogP contribution in [0.2, 0.25) is 0 Å². The smallest absolute Gasteiger partial charge is 0.416 e. The predicted octanol–water partition coefficient (Wildman–Crippen LogP) is 4.46. The Morgan fingerprint density at radius 2 is 1.71 bits per heavy atom. The lowest BCUT2D eigenvalue weighted by Crippen LogP contribution is -2.21. The van der Waals surface area contributed by atoms with E-state index in [4.69, 9.17) is 5.26 Å². The van der Waals surface area contributed by atoms with Crippen molar-refractivity contribution in [2.45, 2.75) is 18.0 Å². The quantitative estimate of drug-likeness (QED) is 0.407. The number of alkyl halides is 3. The van der Waals surface area contributed by atoms with Crippen LogP contribution in [0.25, 0.3) is 0 Å². The summed E-state index contributed by atoms with van der Waals surface area (Å²) in [6.45, 7) is 1.43. The second-order valence-electron chi connectivity index (χ2n) is 7.19. The van der Waals surface area contributed by atoms with Gasteiger partial charge < -0.3 is 5.11 Å². The Morgan fingerprint density at radius 1 is 1.17 bits per heavy atom. The van der Waals surface area contributed by atoms with Crippen LogP contribution in [0.4, 0.5) is 13.2 Å². The molecule has 186 valence electrons. The molecule has 1 heterocycles. The minimum absolute atomic E-state index is 0.115. The largest absolute Gasteiger partial charge is 0.506 e. The molecule has 0 amide bonds. The number of hydrogen-bond acceptors (Lipinski definition) is 6. The Bertz CT molecular complexity index is 1500. The summed E-state index contributed by atoms with van der Waals surface area (Å²) in [5, 5.41) is 20.3. The zero-order valence-corrected chi connectivity index (χ0v) is 22.1. The SMILES string of the molecule is Cc1[nH]n(C)c(=O)c1C(=O)c1ccc(C(F)(F)F)cc1S(C)(=O)=O.N#Cc1cc(Br)c(O)c(Br)c1. The number of carbonyl (C=O) groups excluding carboxylic acids is 1. The molecule has 8 nitrogen and oxygen atoms in total. The topological polar surface area (TPSA) is 133 Å². The number of halogens is 5. The number of hydrogen-bond donors (Lipinski definition) is 2. The van der Waals surface area contributed by atoms with E-state index < -0.39 is 43.4 Å². The lowest BCUT2D eigenvalue weighted by Gasteiger charge is -2.11. The van der Waals surface area contributed by atoms with Gasteiger partial charge in [-0.15, -0.1) is 0 Å². The van der Waals surface area contributed by atoms with Crippen molar-refractivity contribution in [2.24, 2.45) is 7.05 Å². The van der Waals surface area contributed by atoms with Crippen LogP contribution in [-0.4, -0.2) is 35.3 Å². The van der Waals surface area contributed by atoms with E-state index in [0.29, 0.717) is 32.9 Å². The van der Waals surface area contributed by atoms with E-state index in [0.717, 1.165) is 10.7 Å². The Balaban J connectivity index is 0.000000328. The number of aromatic nitrogens is 2. The van der Waals surface area contributed by atoms with Crippen LogP contribution in [0.3, 0.4) is 0 Å². The number of benzene rings is 2. The summed E-state index contributed by atoms with van der Waals surface area (Å²) in [6.07, 6.45) is -4.07. The van der Waals surface area contributed by atoms with Gasteiger partial charge in [-0.3, -0.25) is 19.4 Å². The van der Waals surface area contributed by atoms with Crippen LogP contribution in [0, 0.1) is 18.3 Å². The third kappa shape index (κ3) is 6.41. The Hall–Kier alpha value is -2.89.